The van der Waals surface area contributed by atoms with Crippen LogP contribution in [0.15, 0.2) is 71.9 Å². The van der Waals surface area contributed by atoms with Crippen LogP contribution in [0.5, 0.6) is 0 Å². The van der Waals surface area contributed by atoms with Gasteiger partial charge in [0, 0.05) is 43.7 Å². The summed E-state index contributed by atoms with van der Waals surface area (Å²) in [6, 6.07) is 17.8. The number of fused-ring (bicyclic) bond motifs is 1. The first-order valence-electron chi connectivity index (χ1n) is 16.4. The van der Waals surface area contributed by atoms with E-state index in [1.807, 2.05) is 29.8 Å². The Bertz CT molecular complexity index is 1720. The Balaban J connectivity index is 1.40. The number of benzene rings is 2. The van der Waals surface area contributed by atoms with Crippen molar-refractivity contribution in [1.29, 1.82) is 0 Å². The second kappa shape index (κ2) is 18.3. The van der Waals surface area contributed by atoms with Crippen LogP contribution in [0.1, 0.15) is 67.7 Å². The number of anilines is 2. The van der Waals surface area contributed by atoms with E-state index in [2.05, 4.69) is 22.2 Å². The first-order valence-corrected chi connectivity index (χ1v) is 16.4. The number of ether oxygens (including phenoxy) is 3. The number of amidine groups is 1. The molecule has 0 fully saturated rings. The van der Waals surface area contributed by atoms with E-state index in [0.29, 0.717) is 35.6 Å². The fourth-order valence-electron chi connectivity index (χ4n) is 4.91. The van der Waals surface area contributed by atoms with Crippen molar-refractivity contribution in [3.63, 3.8) is 0 Å². The molecular formula is C36H45N7O6. The second-order valence-corrected chi connectivity index (χ2v) is 11.5. The number of hydrogen-bond donors (Lipinski definition) is 2. The van der Waals surface area contributed by atoms with Crippen molar-refractivity contribution in [3.05, 3.63) is 83.8 Å². The zero-order valence-corrected chi connectivity index (χ0v) is 28.6. The molecule has 49 heavy (non-hydrogen) atoms. The van der Waals surface area contributed by atoms with Crippen molar-refractivity contribution in [2.75, 3.05) is 37.1 Å². The van der Waals surface area contributed by atoms with Crippen LogP contribution in [-0.4, -0.2) is 71.3 Å². The van der Waals surface area contributed by atoms with Gasteiger partial charge in [0.25, 0.3) is 5.91 Å². The van der Waals surface area contributed by atoms with E-state index in [4.69, 9.17) is 24.9 Å². The summed E-state index contributed by atoms with van der Waals surface area (Å²) in [5, 5.41) is 3.35. The molecule has 4 aromatic rings. The van der Waals surface area contributed by atoms with E-state index in [0.717, 1.165) is 42.7 Å². The van der Waals surface area contributed by atoms with Crippen molar-refractivity contribution in [2.24, 2.45) is 17.8 Å². The predicted octanol–water partition coefficient (Wildman–Crippen LogP) is 5.62. The number of rotatable bonds is 17. The molecule has 0 aliphatic rings. The van der Waals surface area contributed by atoms with Gasteiger partial charge < -0.3 is 29.8 Å². The molecule has 1 atom stereocenters. The number of amides is 2. The molecule has 2 aromatic carbocycles. The number of methoxy groups -OCH3 is 1. The van der Waals surface area contributed by atoms with E-state index in [1.165, 1.54) is 4.90 Å². The van der Waals surface area contributed by atoms with E-state index in [1.54, 1.807) is 62.7 Å². The third-order valence-corrected chi connectivity index (χ3v) is 7.88. The first-order chi connectivity index (χ1) is 23.7. The number of pyridine rings is 1. The van der Waals surface area contributed by atoms with Crippen LogP contribution in [-0.2, 0) is 32.6 Å². The number of nitrogens with zero attached hydrogens (tertiary/aromatic N) is 5. The highest BCUT2D eigenvalue weighted by Crippen LogP contribution is 2.21. The monoisotopic (exact) mass is 671 g/mol. The summed E-state index contributed by atoms with van der Waals surface area (Å²) in [6.07, 6.45) is 4.69. The van der Waals surface area contributed by atoms with Crippen LogP contribution in [0.3, 0.4) is 0 Å². The number of nitrogens with two attached hydrogens (primary N) is 1. The van der Waals surface area contributed by atoms with Crippen molar-refractivity contribution >= 4 is 46.3 Å². The van der Waals surface area contributed by atoms with Crippen molar-refractivity contribution in [2.45, 2.75) is 58.6 Å². The molecule has 13 nitrogen and oxygen atoms in total. The average molecular weight is 672 g/mol. The number of aryl methyl sites for hydroxylation is 1. The van der Waals surface area contributed by atoms with Gasteiger partial charge in [0.05, 0.1) is 36.7 Å². The Kier molecular flexibility index (Phi) is 13.6. The smallest absolute Gasteiger partial charge is 0.435 e. The molecule has 0 aliphatic heterocycles. The first kappa shape index (κ1) is 36.5. The maximum absolute atomic E-state index is 13.8. The highest BCUT2D eigenvalue weighted by molar-refractivity contribution is 6.07. The van der Waals surface area contributed by atoms with Crippen LogP contribution in [0.2, 0.25) is 0 Å². The van der Waals surface area contributed by atoms with Crippen LogP contribution in [0, 0.1) is 0 Å². The molecule has 2 amide bonds. The maximum atomic E-state index is 13.8. The Hall–Kier alpha value is -5.30. The molecule has 0 saturated carbocycles. The third kappa shape index (κ3) is 10.6. The van der Waals surface area contributed by atoms with Gasteiger partial charge in [0.15, 0.2) is 0 Å². The van der Waals surface area contributed by atoms with Crippen LogP contribution < -0.4 is 16.0 Å². The zero-order chi connectivity index (χ0) is 35.2. The number of carbonyl (C=O) groups is 3. The lowest BCUT2D eigenvalue weighted by Gasteiger charge is -2.21. The van der Waals surface area contributed by atoms with E-state index < -0.39 is 12.1 Å². The Morgan fingerprint density at radius 2 is 1.80 bits per heavy atom. The fraction of sp³-hybridized carbons (Fsp3) is 0.389. The Morgan fingerprint density at radius 1 is 1.02 bits per heavy atom. The Labute approximate surface area is 286 Å². The lowest BCUT2D eigenvalue weighted by molar-refractivity contribution is -0.146. The normalized spacial score (nSPS) is 12.0. The average Bonchev–Trinajstić information content (AvgIpc) is 3.44. The zero-order valence-electron chi connectivity index (χ0n) is 28.6. The van der Waals surface area contributed by atoms with Gasteiger partial charge in [-0.25, -0.2) is 14.8 Å². The molecule has 0 spiro atoms. The molecule has 13 heteroatoms. The summed E-state index contributed by atoms with van der Waals surface area (Å²) in [4.78, 5) is 52.6. The van der Waals surface area contributed by atoms with Gasteiger partial charge in [-0.1, -0.05) is 32.3 Å². The summed E-state index contributed by atoms with van der Waals surface area (Å²) < 4.78 is 17.5. The fourth-order valence-corrected chi connectivity index (χ4v) is 4.91. The SMILES string of the molecule is CCCCCCOC(=O)/N=C(\N)c1ccc(NCc2nc3cc(C(=O)N(CCC(=O)OC[C@@H](C)OC)c4ccccn4)ccc3n2C)cc1. The van der Waals surface area contributed by atoms with Crippen molar-refractivity contribution in [1.82, 2.24) is 14.5 Å². The molecule has 0 saturated heterocycles. The summed E-state index contributed by atoms with van der Waals surface area (Å²) in [6.45, 7) is 4.88. The van der Waals surface area contributed by atoms with E-state index in [-0.39, 0.29) is 37.4 Å². The number of unbranched alkanes of at least 4 members (excludes halogenated alkanes) is 3. The third-order valence-electron chi connectivity index (χ3n) is 7.88. The minimum atomic E-state index is -0.694. The summed E-state index contributed by atoms with van der Waals surface area (Å²) in [7, 11) is 3.46. The second-order valence-electron chi connectivity index (χ2n) is 11.5. The van der Waals surface area contributed by atoms with Crippen LogP contribution in [0.25, 0.3) is 11.0 Å². The standard InChI is InChI=1S/C36H45N7O6/c1-5-6-7-10-21-48-36(46)41-34(37)26-12-15-28(16-13-26)39-23-32-40-29-22-27(14-17-30(29)42(32)3)35(45)43(31-11-8-9-19-38-31)20-18-33(44)49-24-25(2)47-4/h8-9,11-17,19,22,25,39H,5-7,10,18,20-21,23-24H2,1-4H3,(H2,37,41,46)/t25-/m1/s1. The molecule has 4 rings (SSSR count). The van der Waals surface area contributed by atoms with Gasteiger partial charge in [-0.15, -0.1) is 0 Å². The summed E-state index contributed by atoms with van der Waals surface area (Å²) in [5.74, 6) is 0.514. The van der Waals surface area contributed by atoms with E-state index >= 15 is 0 Å². The van der Waals surface area contributed by atoms with Gasteiger partial charge in [0.2, 0.25) is 0 Å². The molecule has 2 aromatic heterocycles. The lowest BCUT2D eigenvalue weighted by Crippen LogP contribution is -2.34. The van der Waals surface area contributed by atoms with Gasteiger partial charge >= 0.3 is 12.1 Å². The minimum absolute atomic E-state index is 0.00744. The van der Waals surface area contributed by atoms with Gasteiger partial charge in [-0.2, -0.15) is 4.99 Å². The molecule has 260 valence electrons. The molecule has 2 heterocycles. The van der Waals surface area contributed by atoms with Crippen LogP contribution in [0.4, 0.5) is 16.3 Å². The summed E-state index contributed by atoms with van der Waals surface area (Å²) in [5.41, 5.74) is 9.36. The molecule has 0 bridgehead atoms. The molecular weight excluding hydrogens is 626 g/mol. The highest BCUT2D eigenvalue weighted by atomic mass is 16.6. The molecule has 3 N–H and O–H groups in total. The summed E-state index contributed by atoms with van der Waals surface area (Å²) >= 11 is 0. The molecule has 0 unspecified atom stereocenters. The topological polar surface area (TPSA) is 163 Å². The number of esters is 1. The van der Waals surface area contributed by atoms with Gasteiger partial charge in [0.1, 0.15) is 24.1 Å². The van der Waals surface area contributed by atoms with Crippen molar-refractivity contribution < 1.29 is 28.6 Å². The maximum Gasteiger partial charge on any atom is 0.435 e. The minimum Gasteiger partial charge on any atom is -0.463 e. The number of aliphatic imine (C=N–C) groups is 1. The van der Waals surface area contributed by atoms with Gasteiger partial charge in [-0.05, 0) is 67.9 Å². The number of aromatic nitrogens is 3. The molecule has 0 radical (unpaired) electrons. The highest BCUT2D eigenvalue weighted by Gasteiger charge is 2.22. The number of carbonyl (C=O) groups excluding carboxylic acids is 3. The van der Waals surface area contributed by atoms with Crippen LogP contribution >= 0.6 is 0 Å². The van der Waals surface area contributed by atoms with Crippen molar-refractivity contribution in [3.8, 4) is 0 Å². The lowest BCUT2D eigenvalue weighted by atomic mass is 10.1. The van der Waals surface area contributed by atoms with Gasteiger partial charge in [-0.3, -0.25) is 14.5 Å². The molecule has 0 aliphatic carbocycles. The predicted molar refractivity (Wildman–Crippen MR) is 189 cm³/mol. The quantitative estimate of drug-likeness (QED) is 0.0624. The van der Waals surface area contributed by atoms with E-state index in [9.17, 15) is 14.4 Å². The number of nitrogens with one attached hydrogen (secondary N) is 1. The largest absolute Gasteiger partial charge is 0.463 e. The number of hydrogen-bond acceptors (Lipinski definition) is 9. The Morgan fingerprint density at radius 3 is 2.51 bits per heavy atom. The number of imidazole rings is 1.